The fraction of sp³-hybridized carbons (Fsp3) is 0.250. The smallest absolute Gasteiger partial charge is 0.126 e. The maximum absolute atomic E-state index is 13.4. The summed E-state index contributed by atoms with van der Waals surface area (Å²) in [5.74, 6) is -0.582. The Kier molecular flexibility index (Phi) is 3.67. The zero-order valence-corrected chi connectivity index (χ0v) is 11.1. The van der Waals surface area contributed by atoms with Crippen LogP contribution in [0.4, 0.5) is 8.78 Å². The minimum Gasteiger partial charge on any atom is -0.318 e. The second-order valence-corrected chi connectivity index (χ2v) is 4.80. The molecule has 0 aliphatic heterocycles. The van der Waals surface area contributed by atoms with E-state index in [1.165, 1.54) is 18.2 Å². The first-order chi connectivity index (χ1) is 8.97. The van der Waals surface area contributed by atoms with Gasteiger partial charge in [0.2, 0.25) is 0 Å². The fourth-order valence-electron chi connectivity index (χ4n) is 2.26. The van der Waals surface area contributed by atoms with Gasteiger partial charge in [-0.25, -0.2) is 8.78 Å². The first-order valence-corrected chi connectivity index (χ1v) is 6.29. The summed E-state index contributed by atoms with van der Waals surface area (Å²) < 4.78 is 26.7. The molecular formula is C16H17F2N. The van der Waals surface area contributed by atoms with Crippen LogP contribution in [0.3, 0.4) is 0 Å². The SMILES string of the molecule is CCC(N)(c1cccc(F)c1)c1ccc(F)c(C)c1. The van der Waals surface area contributed by atoms with E-state index in [-0.39, 0.29) is 11.6 Å². The Hall–Kier alpha value is -1.74. The van der Waals surface area contributed by atoms with Crippen LogP contribution in [0.5, 0.6) is 0 Å². The Bertz CT molecular complexity index is 595. The molecule has 1 unspecified atom stereocenters. The van der Waals surface area contributed by atoms with Crippen LogP contribution in [0.15, 0.2) is 42.5 Å². The lowest BCUT2D eigenvalue weighted by molar-refractivity contribution is 0.510. The van der Waals surface area contributed by atoms with Crippen LogP contribution in [0.1, 0.15) is 30.0 Å². The second-order valence-electron chi connectivity index (χ2n) is 4.80. The lowest BCUT2D eigenvalue weighted by Crippen LogP contribution is -2.37. The minimum absolute atomic E-state index is 0.263. The average molecular weight is 261 g/mol. The molecule has 0 spiro atoms. The van der Waals surface area contributed by atoms with Gasteiger partial charge >= 0.3 is 0 Å². The van der Waals surface area contributed by atoms with Crippen molar-refractivity contribution in [3.05, 3.63) is 70.8 Å². The third-order valence-electron chi connectivity index (χ3n) is 3.57. The van der Waals surface area contributed by atoms with E-state index in [1.54, 1.807) is 31.2 Å². The largest absolute Gasteiger partial charge is 0.318 e. The zero-order chi connectivity index (χ0) is 14.0. The number of rotatable bonds is 3. The zero-order valence-electron chi connectivity index (χ0n) is 11.1. The summed E-state index contributed by atoms with van der Waals surface area (Å²) >= 11 is 0. The molecule has 1 atom stereocenters. The van der Waals surface area contributed by atoms with Gasteiger partial charge in [-0.3, -0.25) is 0 Å². The van der Waals surface area contributed by atoms with Crippen LogP contribution in [-0.2, 0) is 5.54 Å². The van der Waals surface area contributed by atoms with Gasteiger partial charge in [0.15, 0.2) is 0 Å². The Morgan fingerprint density at radius 3 is 2.32 bits per heavy atom. The van der Waals surface area contributed by atoms with Crippen LogP contribution in [0, 0.1) is 18.6 Å². The fourth-order valence-corrected chi connectivity index (χ4v) is 2.26. The van der Waals surface area contributed by atoms with E-state index in [2.05, 4.69) is 0 Å². The van der Waals surface area contributed by atoms with Crippen molar-refractivity contribution < 1.29 is 8.78 Å². The number of benzene rings is 2. The molecule has 2 rings (SSSR count). The van der Waals surface area contributed by atoms with Crippen LogP contribution in [0.25, 0.3) is 0 Å². The maximum atomic E-state index is 13.4. The van der Waals surface area contributed by atoms with Crippen molar-refractivity contribution in [2.75, 3.05) is 0 Å². The van der Waals surface area contributed by atoms with Gasteiger partial charge in [0.25, 0.3) is 0 Å². The van der Waals surface area contributed by atoms with Crippen molar-refractivity contribution in [1.29, 1.82) is 0 Å². The summed E-state index contributed by atoms with van der Waals surface area (Å²) in [5.41, 5.74) is 7.66. The monoisotopic (exact) mass is 261 g/mol. The second kappa shape index (κ2) is 5.10. The Labute approximate surface area is 112 Å². The highest BCUT2D eigenvalue weighted by Gasteiger charge is 2.28. The van der Waals surface area contributed by atoms with E-state index in [0.717, 1.165) is 5.56 Å². The van der Waals surface area contributed by atoms with E-state index < -0.39 is 5.54 Å². The topological polar surface area (TPSA) is 26.0 Å². The van der Waals surface area contributed by atoms with E-state index in [1.807, 2.05) is 6.92 Å². The van der Waals surface area contributed by atoms with Crippen molar-refractivity contribution >= 4 is 0 Å². The predicted octanol–water partition coefficient (Wildman–Crippen LogP) is 3.89. The molecule has 0 aliphatic carbocycles. The minimum atomic E-state index is -0.805. The summed E-state index contributed by atoms with van der Waals surface area (Å²) in [6, 6.07) is 11.0. The molecule has 0 saturated heterocycles. The van der Waals surface area contributed by atoms with Crippen LogP contribution < -0.4 is 5.73 Å². The van der Waals surface area contributed by atoms with E-state index in [9.17, 15) is 8.78 Å². The Morgan fingerprint density at radius 1 is 1.05 bits per heavy atom. The van der Waals surface area contributed by atoms with Gasteiger partial charge in [0.1, 0.15) is 11.6 Å². The summed E-state index contributed by atoms with van der Waals surface area (Å²) in [7, 11) is 0. The van der Waals surface area contributed by atoms with Gasteiger partial charge in [0.05, 0.1) is 5.54 Å². The molecule has 19 heavy (non-hydrogen) atoms. The molecule has 0 saturated carbocycles. The Balaban J connectivity index is 2.56. The molecule has 0 amide bonds. The van der Waals surface area contributed by atoms with Gasteiger partial charge in [-0.15, -0.1) is 0 Å². The van der Waals surface area contributed by atoms with Gasteiger partial charge in [-0.05, 0) is 48.2 Å². The maximum Gasteiger partial charge on any atom is 0.126 e. The standard InChI is InChI=1S/C16H17F2N/c1-3-16(19,12-5-4-6-14(17)10-12)13-7-8-15(18)11(2)9-13/h4-10H,3,19H2,1-2H3. The van der Waals surface area contributed by atoms with Crippen molar-refractivity contribution in [3.8, 4) is 0 Å². The van der Waals surface area contributed by atoms with E-state index in [0.29, 0.717) is 17.5 Å². The Morgan fingerprint density at radius 2 is 1.74 bits per heavy atom. The summed E-state index contributed by atoms with van der Waals surface area (Å²) in [6.07, 6.45) is 0.599. The quantitative estimate of drug-likeness (QED) is 0.891. The first kappa shape index (κ1) is 13.7. The van der Waals surface area contributed by atoms with Crippen molar-refractivity contribution in [1.82, 2.24) is 0 Å². The van der Waals surface area contributed by atoms with Crippen LogP contribution >= 0.6 is 0 Å². The van der Waals surface area contributed by atoms with E-state index >= 15 is 0 Å². The number of hydrogen-bond donors (Lipinski definition) is 1. The predicted molar refractivity (Wildman–Crippen MR) is 72.8 cm³/mol. The van der Waals surface area contributed by atoms with Gasteiger partial charge in [-0.2, -0.15) is 0 Å². The van der Waals surface area contributed by atoms with Gasteiger partial charge < -0.3 is 5.73 Å². The van der Waals surface area contributed by atoms with Crippen molar-refractivity contribution in [2.24, 2.45) is 5.73 Å². The van der Waals surface area contributed by atoms with Crippen molar-refractivity contribution in [3.63, 3.8) is 0 Å². The molecule has 0 aliphatic rings. The molecule has 0 fully saturated rings. The molecule has 0 heterocycles. The number of halogens is 2. The van der Waals surface area contributed by atoms with Gasteiger partial charge in [-0.1, -0.05) is 31.2 Å². The third-order valence-corrected chi connectivity index (χ3v) is 3.57. The number of hydrogen-bond acceptors (Lipinski definition) is 1. The highest BCUT2D eigenvalue weighted by atomic mass is 19.1. The van der Waals surface area contributed by atoms with Crippen LogP contribution in [-0.4, -0.2) is 0 Å². The highest BCUT2D eigenvalue weighted by molar-refractivity contribution is 5.39. The van der Waals surface area contributed by atoms with Gasteiger partial charge in [0, 0.05) is 0 Å². The first-order valence-electron chi connectivity index (χ1n) is 6.29. The molecule has 2 aromatic carbocycles. The molecule has 2 N–H and O–H groups in total. The lowest BCUT2D eigenvalue weighted by atomic mass is 9.81. The number of nitrogens with two attached hydrogens (primary N) is 1. The summed E-state index contributed by atoms with van der Waals surface area (Å²) in [6.45, 7) is 3.63. The molecular weight excluding hydrogens is 244 g/mol. The third kappa shape index (κ3) is 2.51. The molecule has 0 radical (unpaired) electrons. The lowest BCUT2D eigenvalue weighted by Gasteiger charge is -2.30. The molecule has 1 nitrogen and oxygen atoms in total. The highest BCUT2D eigenvalue weighted by Crippen LogP contribution is 2.31. The van der Waals surface area contributed by atoms with Crippen molar-refractivity contribution in [2.45, 2.75) is 25.8 Å². The molecule has 3 heteroatoms. The van der Waals surface area contributed by atoms with E-state index in [4.69, 9.17) is 5.73 Å². The molecule has 0 aromatic heterocycles. The average Bonchev–Trinajstić information content (AvgIpc) is 2.41. The normalized spacial score (nSPS) is 14.2. The summed E-state index contributed by atoms with van der Waals surface area (Å²) in [4.78, 5) is 0. The molecule has 0 bridgehead atoms. The summed E-state index contributed by atoms with van der Waals surface area (Å²) in [5, 5.41) is 0. The molecule has 100 valence electrons. The van der Waals surface area contributed by atoms with Crippen LogP contribution in [0.2, 0.25) is 0 Å². The number of aryl methyl sites for hydroxylation is 1. The molecule has 2 aromatic rings.